The normalized spacial score (nSPS) is 16.1. The maximum Gasteiger partial charge on any atom is 0.237 e. The van der Waals surface area contributed by atoms with E-state index in [1.807, 2.05) is 13.8 Å². The first kappa shape index (κ1) is 15.9. The quantitative estimate of drug-likeness (QED) is 0.806. The molecule has 0 radical (unpaired) electrons. The number of nitrogens with zero attached hydrogens (tertiary/aromatic N) is 2. The van der Waals surface area contributed by atoms with E-state index in [1.54, 1.807) is 11.9 Å². The standard InChI is InChI=1S/C16H22F2N2O/c1-4-20(13-6-7-13)10-16(21)19(3)11(2)12-5-8-14(17)15(18)9-12/h5,8-9,11,13H,4,6-7,10H2,1-3H3. The Kier molecular flexibility index (Phi) is 4.93. The van der Waals surface area contributed by atoms with Crippen molar-refractivity contribution in [1.29, 1.82) is 0 Å². The Balaban J connectivity index is 2.01. The van der Waals surface area contributed by atoms with Crippen LogP contribution in [0.1, 0.15) is 38.3 Å². The van der Waals surface area contributed by atoms with Crippen LogP contribution in [0.2, 0.25) is 0 Å². The third-order valence-corrected chi connectivity index (χ3v) is 4.21. The third kappa shape index (κ3) is 3.79. The molecule has 0 bridgehead atoms. The zero-order chi connectivity index (χ0) is 15.6. The number of hydrogen-bond donors (Lipinski definition) is 0. The maximum absolute atomic E-state index is 13.3. The predicted molar refractivity (Wildman–Crippen MR) is 77.8 cm³/mol. The first-order chi connectivity index (χ1) is 9.93. The van der Waals surface area contributed by atoms with Gasteiger partial charge in [0.25, 0.3) is 0 Å². The summed E-state index contributed by atoms with van der Waals surface area (Å²) in [5.74, 6) is -1.75. The van der Waals surface area contributed by atoms with Crippen LogP contribution < -0.4 is 0 Å². The first-order valence-electron chi connectivity index (χ1n) is 7.38. The number of carbonyl (C=O) groups is 1. The molecule has 1 aliphatic carbocycles. The molecule has 0 N–H and O–H groups in total. The van der Waals surface area contributed by atoms with Gasteiger partial charge in [0.05, 0.1) is 12.6 Å². The lowest BCUT2D eigenvalue weighted by atomic mass is 10.1. The van der Waals surface area contributed by atoms with Gasteiger partial charge in [0.2, 0.25) is 5.91 Å². The topological polar surface area (TPSA) is 23.6 Å². The molecule has 3 nitrogen and oxygen atoms in total. The summed E-state index contributed by atoms with van der Waals surface area (Å²) in [6, 6.07) is 4.02. The van der Waals surface area contributed by atoms with Crippen molar-refractivity contribution in [1.82, 2.24) is 9.80 Å². The van der Waals surface area contributed by atoms with Gasteiger partial charge in [-0.25, -0.2) is 8.78 Å². The number of likely N-dealkylation sites (N-methyl/N-ethyl adjacent to an activating group) is 2. The van der Waals surface area contributed by atoms with Crippen molar-refractivity contribution >= 4 is 5.91 Å². The van der Waals surface area contributed by atoms with Crippen molar-refractivity contribution in [2.24, 2.45) is 0 Å². The molecule has 1 fully saturated rings. The van der Waals surface area contributed by atoms with Crippen LogP contribution in [0.15, 0.2) is 18.2 Å². The summed E-state index contributed by atoms with van der Waals surface area (Å²) in [7, 11) is 1.70. The molecule has 1 aromatic rings. The van der Waals surface area contributed by atoms with E-state index in [-0.39, 0.29) is 11.9 Å². The molecule has 1 saturated carbocycles. The van der Waals surface area contributed by atoms with Gasteiger partial charge in [-0.05, 0) is 44.0 Å². The second kappa shape index (κ2) is 6.52. The van der Waals surface area contributed by atoms with Gasteiger partial charge in [-0.15, -0.1) is 0 Å². The molecule has 1 atom stereocenters. The van der Waals surface area contributed by atoms with Crippen molar-refractivity contribution in [3.8, 4) is 0 Å². The molecule has 1 aromatic carbocycles. The summed E-state index contributed by atoms with van der Waals surface area (Å²) >= 11 is 0. The molecule has 5 heteroatoms. The summed E-state index contributed by atoms with van der Waals surface area (Å²) < 4.78 is 26.3. The Labute approximate surface area is 124 Å². The lowest BCUT2D eigenvalue weighted by Crippen LogP contribution is -2.40. The smallest absolute Gasteiger partial charge is 0.237 e. The Morgan fingerprint density at radius 3 is 2.52 bits per heavy atom. The summed E-state index contributed by atoms with van der Waals surface area (Å²) in [6.45, 7) is 5.10. The highest BCUT2D eigenvalue weighted by molar-refractivity contribution is 5.78. The molecule has 0 saturated heterocycles. The van der Waals surface area contributed by atoms with E-state index >= 15 is 0 Å². The number of benzene rings is 1. The fraction of sp³-hybridized carbons (Fsp3) is 0.562. The second-order valence-corrected chi connectivity index (χ2v) is 5.65. The Morgan fingerprint density at radius 1 is 1.33 bits per heavy atom. The zero-order valence-electron chi connectivity index (χ0n) is 12.8. The molecule has 0 aromatic heterocycles. The zero-order valence-corrected chi connectivity index (χ0v) is 12.8. The molecular formula is C16H22F2N2O. The van der Waals surface area contributed by atoms with Crippen LogP contribution in [0, 0.1) is 11.6 Å². The Bertz CT molecular complexity index is 517. The lowest BCUT2D eigenvalue weighted by molar-refractivity contribution is -0.133. The minimum atomic E-state index is -0.881. The van der Waals surface area contributed by atoms with Crippen molar-refractivity contribution in [3.63, 3.8) is 0 Å². The number of carbonyl (C=O) groups excluding carboxylic acids is 1. The van der Waals surface area contributed by atoms with Gasteiger partial charge < -0.3 is 4.90 Å². The molecule has 1 amide bonds. The van der Waals surface area contributed by atoms with E-state index in [0.717, 1.165) is 31.5 Å². The molecule has 116 valence electrons. The monoisotopic (exact) mass is 296 g/mol. The SMILES string of the molecule is CCN(CC(=O)N(C)C(C)c1ccc(F)c(F)c1)C1CC1. The van der Waals surface area contributed by atoms with E-state index in [0.29, 0.717) is 18.2 Å². The van der Waals surface area contributed by atoms with Crippen LogP contribution in [0.4, 0.5) is 8.78 Å². The predicted octanol–water partition coefficient (Wildman–Crippen LogP) is 2.97. The van der Waals surface area contributed by atoms with Crippen LogP contribution >= 0.6 is 0 Å². The van der Waals surface area contributed by atoms with Crippen molar-refractivity contribution in [2.45, 2.75) is 38.8 Å². The molecule has 1 aliphatic rings. The fourth-order valence-electron chi connectivity index (χ4n) is 2.44. The lowest BCUT2D eigenvalue weighted by Gasteiger charge is -2.28. The molecule has 2 rings (SSSR count). The van der Waals surface area contributed by atoms with Crippen LogP contribution in [0.25, 0.3) is 0 Å². The second-order valence-electron chi connectivity index (χ2n) is 5.65. The number of halogens is 2. The van der Waals surface area contributed by atoms with E-state index in [1.165, 1.54) is 6.07 Å². The molecule has 21 heavy (non-hydrogen) atoms. The van der Waals surface area contributed by atoms with Crippen LogP contribution in [-0.4, -0.2) is 41.9 Å². The largest absolute Gasteiger partial charge is 0.338 e. The van der Waals surface area contributed by atoms with Gasteiger partial charge in [-0.1, -0.05) is 13.0 Å². The maximum atomic E-state index is 13.3. The third-order valence-electron chi connectivity index (χ3n) is 4.21. The number of amides is 1. The molecule has 0 aliphatic heterocycles. The average Bonchev–Trinajstić information content (AvgIpc) is 3.30. The highest BCUT2D eigenvalue weighted by atomic mass is 19.2. The highest BCUT2D eigenvalue weighted by Gasteiger charge is 2.30. The van der Waals surface area contributed by atoms with Gasteiger partial charge in [0.1, 0.15) is 0 Å². The van der Waals surface area contributed by atoms with Gasteiger partial charge in [-0.3, -0.25) is 9.69 Å². The summed E-state index contributed by atoms with van der Waals surface area (Å²) in [5, 5.41) is 0. The summed E-state index contributed by atoms with van der Waals surface area (Å²) in [5.41, 5.74) is 0.597. The minimum absolute atomic E-state index is 0.000910. The van der Waals surface area contributed by atoms with E-state index < -0.39 is 11.6 Å². The van der Waals surface area contributed by atoms with Gasteiger partial charge in [0.15, 0.2) is 11.6 Å². The number of rotatable bonds is 6. The van der Waals surface area contributed by atoms with Crippen LogP contribution in [-0.2, 0) is 4.79 Å². The number of hydrogen-bond acceptors (Lipinski definition) is 2. The fourth-order valence-corrected chi connectivity index (χ4v) is 2.44. The van der Waals surface area contributed by atoms with Crippen molar-refractivity contribution < 1.29 is 13.6 Å². The average molecular weight is 296 g/mol. The Hall–Kier alpha value is -1.49. The van der Waals surface area contributed by atoms with Crippen molar-refractivity contribution in [2.75, 3.05) is 20.1 Å². The van der Waals surface area contributed by atoms with Gasteiger partial charge in [-0.2, -0.15) is 0 Å². The van der Waals surface area contributed by atoms with E-state index in [4.69, 9.17) is 0 Å². The van der Waals surface area contributed by atoms with Gasteiger partial charge in [0, 0.05) is 13.1 Å². The first-order valence-corrected chi connectivity index (χ1v) is 7.38. The molecule has 0 heterocycles. The summed E-state index contributed by atoms with van der Waals surface area (Å²) in [4.78, 5) is 16.1. The molecule has 1 unspecified atom stereocenters. The van der Waals surface area contributed by atoms with Crippen LogP contribution in [0.3, 0.4) is 0 Å². The van der Waals surface area contributed by atoms with E-state index in [9.17, 15) is 13.6 Å². The Morgan fingerprint density at radius 2 is 2.00 bits per heavy atom. The van der Waals surface area contributed by atoms with Crippen LogP contribution in [0.5, 0.6) is 0 Å². The molecule has 0 spiro atoms. The van der Waals surface area contributed by atoms with Gasteiger partial charge >= 0.3 is 0 Å². The van der Waals surface area contributed by atoms with E-state index in [2.05, 4.69) is 4.90 Å². The van der Waals surface area contributed by atoms with Crippen molar-refractivity contribution in [3.05, 3.63) is 35.4 Å². The highest BCUT2D eigenvalue weighted by Crippen LogP contribution is 2.27. The minimum Gasteiger partial charge on any atom is -0.338 e. The summed E-state index contributed by atoms with van der Waals surface area (Å²) in [6.07, 6.45) is 2.31. The molecular weight excluding hydrogens is 274 g/mol.